The molecule has 0 unspecified atom stereocenters. The Labute approximate surface area is 108 Å². The van der Waals surface area contributed by atoms with Crippen molar-refractivity contribution in [3.8, 4) is 0 Å². The van der Waals surface area contributed by atoms with Gasteiger partial charge in [0.15, 0.2) is 0 Å². The smallest absolute Gasteiger partial charge is 0.269 e. The minimum Gasteiger partial charge on any atom is -0.321 e. The number of aromatic nitrogens is 2. The zero-order valence-corrected chi connectivity index (χ0v) is 10.5. The molecule has 0 atom stereocenters. The van der Waals surface area contributed by atoms with Crippen molar-refractivity contribution < 1.29 is 4.79 Å². The predicted octanol–water partition coefficient (Wildman–Crippen LogP) is 2.57. The van der Waals surface area contributed by atoms with E-state index in [9.17, 15) is 4.79 Å². The van der Waals surface area contributed by atoms with E-state index >= 15 is 0 Å². The number of aryl methyl sites for hydroxylation is 1. The Bertz CT molecular complexity index is 484. The second kappa shape index (κ2) is 5.75. The van der Waals surface area contributed by atoms with Crippen molar-refractivity contribution in [2.24, 2.45) is 0 Å². The van der Waals surface area contributed by atoms with Crippen molar-refractivity contribution in [2.75, 3.05) is 11.2 Å². The van der Waals surface area contributed by atoms with Gasteiger partial charge in [-0.15, -0.1) is 16.7 Å². The molecule has 1 amide bonds. The molecule has 4 nitrogen and oxygen atoms in total. The van der Waals surface area contributed by atoms with E-state index < -0.39 is 0 Å². The van der Waals surface area contributed by atoms with E-state index in [1.807, 2.05) is 24.3 Å². The van der Waals surface area contributed by atoms with Crippen molar-refractivity contribution >= 4 is 34.7 Å². The number of nitrogens with one attached hydrogen (secondary N) is 1. The van der Waals surface area contributed by atoms with Crippen molar-refractivity contribution in [1.29, 1.82) is 0 Å². The van der Waals surface area contributed by atoms with Crippen molar-refractivity contribution in [3.05, 3.63) is 40.9 Å². The Morgan fingerprint density at radius 2 is 2.12 bits per heavy atom. The zero-order chi connectivity index (χ0) is 12.1. The highest BCUT2D eigenvalue weighted by atomic mass is 35.5. The normalized spacial score (nSPS) is 10.2. The number of alkyl halides is 1. The van der Waals surface area contributed by atoms with Crippen LogP contribution in [-0.2, 0) is 6.42 Å². The van der Waals surface area contributed by atoms with Gasteiger partial charge in [-0.1, -0.05) is 16.6 Å². The first-order valence-electron chi connectivity index (χ1n) is 5.03. The van der Waals surface area contributed by atoms with Crippen LogP contribution in [0.4, 0.5) is 5.69 Å². The lowest BCUT2D eigenvalue weighted by atomic mass is 10.1. The van der Waals surface area contributed by atoms with Gasteiger partial charge in [0.05, 0.1) is 6.20 Å². The molecule has 0 aliphatic rings. The van der Waals surface area contributed by atoms with E-state index in [4.69, 9.17) is 11.6 Å². The molecule has 1 heterocycles. The van der Waals surface area contributed by atoms with Crippen LogP contribution >= 0.6 is 23.1 Å². The molecule has 0 saturated heterocycles. The molecule has 0 fully saturated rings. The van der Waals surface area contributed by atoms with Crippen LogP contribution in [0.25, 0.3) is 0 Å². The molecule has 2 rings (SSSR count). The summed E-state index contributed by atoms with van der Waals surface area (Å²) in [7, 11) is 0. The Hall–Kier alpha value is -1.46. The second-order valence-corrected chi connectivity index (χ2v) is 4.54. The number of hydrogen-bond donors (Lipinski definition) is 1. The molecule has 0 aliphatic carbocycles. The maximum Gasteiger partial charge on any atom is 0.269 e. The third-order valence-electron chi connectivity index (χ3n) is 2.18. The van der Waals surface area contributed by atoms with Crippen LogP contribution in [-0.4, -0.2) is 21.4 Å². The van der Waals surface area contributed by atoms with Crippen LogP contribution in [0.5, 0.6) is 0 Å². The van der Waals surface area contributed by atoms with Gasteiger partial charge in [0.1, 0.15) is 4.88 Å². The molecule has 0 bridgehead atoms. The molecule has 17 heavy (non-hydrogen) atoms. The fourth-order valence-corrected chi connectivity index (χ4v) is 1.95. The quantitative estimate of drug-likeness (QED) is 0.867. The molecule has 1 N–H and O–H groups in total. The minimum atomic E-state index is -0.190. The Kier molecular flexibility index (Phi) is 4.06. The van der Waals surface area contributed by atoms with E-state index in [2.05, 4.69) is 14.9 Å². The molecular weight excluding hydrogens is 258 g/mol. The average Bonchev–Trinajstić information content (AvgIpc) is 2.86. The molecule has 0 saturated carbocycles. The maximum atomic E-state index is 11.7. The summed E-state index contributed by atoms with van der Waals surface area (Å²) >= 11 is 6.72. The lowest BCUT2D eigenvalue weighted by Gasteiger charge is -2.04. The third kappa shape index (κ3) is 3.25. The number of carbonyl (C=O) groups is 1. The highest BCUT2D eigenvalue weighted by molar-refractivity contribution is 7.07. The van der Waals surface area contributed by atoms with Crippen LogP contribution in [0, 0.1) is 0 Å². The fourth-order valence-electron chi connectivity index (χ4n) is 1.32. The Balaban J connectivity index is 2.01. The zero-order valence-electron chi connectivity index (χ0n) is 8.89. The second-order valence-electron chi connectivity index (χ2n) is 3.37. The van der Waals surface area contributed by atoms with Gasteiger partial charge in [-0.25, -0.2) is 0 Å². The van der Waals surface area contributed by atoms with Crippen LogP contribution in [0.15, 0.2) is 30.5 Å². The summed E-state index contributed by atoms with van der Waals surface area (Å²) in [5.41, 5.74) is 1.90. The van der Waals surface area contributed by atoms with Gasteiger partial charge in [-0.3, -0.25) is 4.79 Å². The topological polar surface area (TPSA) is 54.9 Å². The summed E-state index contributed by atoms with van der Waals surface area (Å²) in [6, 6.07) is 7.61. The number of rotatable bonds is 4. The first kappa shape index (κ1) is 12.0. The molecule has 0 spiro atoms. The highest BCUT2D eigenvalue weighted by Gasteiger charge is 2.08. The third-order valence-corrected chi connectivity index (χ3v) is 3.03. The summed E-state index contributed by atoms with van der Waals surface area (Å²) in [6.45, 7) is 0. The number of hydrogen-bond acceptors (Lipinski definition) is 4. The first-order chi connectivity index (χ1) is 8.29. The number of carbonyl (C=O) groups excluding carboxylic acids is 1. The summed E-state index contributed by atoms with van der Waals surface area (Å²) in [6.07, 6.45) is 2.27. The molecule has 0 aliphatic heterocycles. The van der Waals surface area contributed by atoms with Gasteiger partial charge in [0.25, 0.3) is 5.91 Å². The fraction of sp³-hybridized carbons (Fsp3) is 0.182. The van der Waals surface area contributed by atoms with Gasteiger partial charge in [-0.05, 0) is 35.6 Å². The van der Waals surface area contributed by atoms with Crippen LogP contribution in [0.1, 0.15) is 15.2 Å². The number of benzene rings is 1. The van der Waals surface area contributed by atoms with Crippen LogP contribution in [0.3, 0.4) is 0 Å². The minimum absolute atomic E-state index is 0.190. The lowest BCUT2D eigenvalue weighted by Crippen LogP contribution is -2.10. The van der Waals surface area contributed by atoms with Gasteiger partial charge in [0.2, 0.25) is 0 Å². The lowest BCUT2D eigenvalue weighted by molar-refractivity contribution is 0.103. The summed E-state index contributed by atoms with van der Waals surface area (Å²) < 4.78 is 3.64. The molecule has 6 heteroatoms. The molecule has 2 aromatic rings. The van der Waals surface area contributed by atoms with Gasteiger partial charge < -0.3 is 5.32 Å². The van der Waals surface area contributed by atoms with Crippen LogP contribution in [0.2, 0.25) is 0 Å². The largest absolute Gasteiger partial charge is 0.321 e. The standard InChI is InChI=1S/C11H10ClN3OS/c12-6-5-8-1-3-9(4-2-8)14-11(16)10-7-13-15-17-10/h1-4,7H,5-6H2,(H,14,16). The first-order valence-corrected chi connectivity index (χ1v) is 6.34. The van der Waals surface area contributed by atoms with Crippen molar-refractivity contribution in [1.82, 2.24) is 9.59 Å². The molecule has 1 aromatic carbocycles. The van der Waals surface area contributed by atoms with Crippen molar-refractivity contribution in [2.45, 2.75) is 6.42 Å². The van der Waals surface area contributed by atoms with E-state index in [-0.39, 0.29) is 5.91 Å². The number of nitrogens with zero attached hydrogens (tertiary/aromatic N) is 2. The SMILES string of the molecule is O=C(Nc1ccc(CCCl)cc1)c1cnns1. The number of anilines is 1. The summed E-state index contributed by atoms with van der Waals surface area (Å²) in [5.74, 6) is 0.406. The summed E-state index contributed by atoms with van der Waals surface area (Å²) in [4.78, 5) is 12.2. The monoisotopic (exact) mass is 267 g/mol. The van der Waals surface area contributed by atoms with Crippen LogP contribution < -0.4 is 5.32 Å². The Morgan fingerprint density at radius 3 is 2.71 bits per heavy atom. The van der Waals surface area contributed by atoms with Gasteiger partial charge in [0, 0.05) is 11.6 Å². The van der Waals surface area contributed by atoms with E-state index in [0.29, 0.717) is 10.8 Å². The van der Waals surface area contributed by atoms with E-state index in [0.717, 1.165) is 29.2 Å². The van der Waals surface area contributed by atoms with Gasteiger partial charge in [-0.2, -0.15) is 0 Å². The molecular formula is C11H10ClN3OS. The van der Waals surface area contributed by atoms with E-state index in [1.165, 1.54) is 6.20 Å². The summed E-state index contributed by atoms with van der Waals surface area (Å²) in [5, 5.41) is 6.39. The molecule has 1 aromatic heterocycles. The van der Waals surface area contributed by atoms with Gasteiger partial charge >= 0.3 is 0 Å². The highest BCUT2D eigenvalue weighted by Crippen LogP contribution is 2.12. The molecule has 0 radical (unpaired) electrons. The molecule has 88 valence electrons. The average molecular weight is 268 g/mol. The van der Waals surface area contributed by atoms with E-state index in [1.54, 1.807) is 0 Å². The van der Waals surface area contributed by atoms with Crippen molar-refractivity contribution in [3.63, 3.8) is 0 Å². The predicted molar refractivity (Wildman–Crippen MR) is 68.7 cm³/mol. The number of amides is 1. The maximum absolute atomic E-state index is 11.7. The Morgan fingerprint density at radius 1 is 1.35 bits per heavy atom. The number of halogens is 1.